The normalized spacial score (nSPS) is 27.3. The molecule has 2 aromatic rings. The van der Waals surface area contributed by atoms with Crippen LogP contribution in [-0.4, -0.2) is 42.0 Å². The Morgan fingerprint density at radius 2 is 1.97 bits per heavy atom. The van der Waals surface area contributed by atoms with Gasteiger partial charge < -0.3 is 15.2 Å². The van der Waals surface area contributed by atoms with Gasteiger partial charge in [0.15, 0.2) is 0 Å². The second kappa shape index (κ2) is 7.95. The molecule has 0 unspecified atom stereocenters. The van der Waals surface area contributed by atoms with Crippen LogP contribution in [0.25, 0.3) is 10.9 Å². The van der Waals surface area contributed by atoms with E-state index in [4.69, 9.17) is 0 Å². The maximum absolute atomic E-state index is 12.7. The van der Waals surface area contributed by atoms with Gasteiger partial charge in [0, 0.05) is 48.1 Å². The predicted molar refractivity (Wildman–Crippen MR) is 128 cm³/mol. The van der Waals surface area contributed by atoms with Crippen LogP contribution >= 0.6 is 0 Å². The van der Waals surface area contributed by atoms with E-state index in [-0.39, 0.29) is 11.3 Å². The molecule has 2 fully saturated rings. The molecule has 0 spiro atoms. The van der Waals surface area contributed by atoms with Gasteiger partial charge in [0.05, 0.1) is 0 Å². The first kappa shape index (κ1) is 21.1. The predicted octanol–water partition coefficient (Wildman–Crippen LogP) is 5.12. The fraction of sp³-hybridized carbons (Fsp3) is 0.667. The van der Waals surface area contributed by atoms with Crippen molar-refractivity contribution in [3.05, 3.63) is 35.0 Å². The highest BCUT2D eigenvalue weighted by Crippen LogP contribution is 2.45. The third-order valence-electron chi connectivity index (χ3n) is 8.29. The number of hydrogen-bond donors (Lipinski definition) is 2. The van der Waals surface area contributed by atoms with Gasteiger partial charge in [-0.05, 0) is 66.8 Å². The zero-order valence-electron chi connectivity index (χ0n) is 19.8. The molecular weight excluding hydrogens is 382 g/mol. The molecule has 1 aromatic carbocycles. The quantitative estimate of drug-likeness (QED) is 0.722. The molecular formula is C27H39N3O. The molecule has 2 N–H and O–H groups in total. The van der Waals surface area contributed by atoms with Crippen molar-refractivity contribution in [3.8, 4) is 0 Å². The summed E-state index contributed by atoms with van der Waals surface area (Å²) in [6, 6.07) is 5.41. The summed E-state index contributed by atoms with van der Waals surface area (Å²) < 4.78 is 0. The molecule has 3 aliphatic rings. The van der Waals surface area contributed by atoms with Crippen LogP contribution in [0, 0.1) is 11.8 Å². The number of amides is 1. The Morgan fingerprint density at radius 3 is 2.71 bits per heavy atom. The number of carbonyl (C=O) groups is 1. The van der Waals surface area contributed by atoms with E-state index in [2.05, 4.69) is 61.3 Å². The minimum Gasteiger partial charge on any atom is -0.361 e. The van der Waals surface area contributed by atoms with Crippen LogP contribution in [0.1, 0.15) is 81.9 Å². The standard InChI is InChI=1S/C27H39N3O/c1-27(2,3)20-12-22-21-10-17(14-29-26(31)18-8-6-5-7-9-18)16-30(4)24(21)11-19-15-28-23(13-20)25(19)22/h12-13,15,17-18,21,24,28H,5-11,14,16H2,1-4H3,(H,29,31)/t17-,21+,24+/m0/s1. The Kier molecular flexibility index (Phi) is 5.40. The number of nitrogens with one attached hydrogen (secondary N) is 2. The summed E-state index contributed by atoms with van der Waals surface area (Å²) in [5.74, 6) is 1.62. The van der Waals surface area contributed by atoms with Gasteiger partial charge in [0.25, 0.3) is 0 Å². The molecule has 0 radical (unpaired) electrons. The molecule has 4 heteroatoms. The summed E-state index contributed by atoms with van der Waals surface area (Å²) in [5, 5.41) is 4.81. The van der Waals surface area contributed by atoms with E-state index in [1.807, 2.05) is 0 Å². The van der Waals surface area contributed by atoms with Crippen molar-refractivity contribution in [2.75, 3.05) is 20.1 Å². The number of likely N-dealkylation sites (tertiary alicyclic amines) is 1. The zero-order valence-corrected chi connectivity index (χ0v) is 19.8. The fourth-order valence-corrected chi connectivity index (χ4v) is 6.46. The summed E-state index contributed by atoms with van der Waals surface area (Å²) in [6.45, 7) is 8.82. The lowest BCUT2D eigenvalue weighted by molar-refractivity contribution is -0.126. The largest absolute Gasteiger partial charge is 0.361 e. The minimum absolute atomic E-state index is 0.136. The second-order valence-corrected chi connectivity index (χ2v) is 11.6. The first-order chi connectivity index (χ1) is 14.8. The van der Waals surface area contributed by atoms with Crippen molar-refractivity contribution < 1.29 is 4.79 Å². The first-order valence-electron chi connectivity index (χ1n) is 12.4. The average molecular weight is 422 g/mol. The summed E-state index contributed by atoms with van der Waals surface area (Å²) >= 11 is 0. The van der Waals surface area contributed by atoms with Crippen LogP contribution in [0.4, 0.5) is 0 Å². The zero-order chi connectivity index (χ0) is 21.8. The van der Waals surface area contributed by atoms with Crippen molar-refractivity contribution in [1.82, 2.24) is 15.2 Å². The molecule has 3 atom stereocenters. The van der Waals surface area contributed by atoms with Crippen molar-refractivity contribution in [1.29, 1.82) is 0 Å². The highest BCUT2D eigenvalue weighted by molar-refractivity contribution is 5.89. The van der Waals surface area contributed by atoms with E-state index in [9.17, 15) is 4.79 Å². The Labute approximate surface area is 187 Å². The van der Waals surface area contributed by atoms with E-state index in [0.29, 0.717) is 23.8 Å². The van der Waals surface area contributed by atoms with Crippen molar-refractivity contribution in [3.63, 3.8) is 0 Å². The Morgan fingerprint density at radius 1 is 1.19 bits per heavy atom. The number of likely N-dealkylation sites (N-methyl/N-ethyl adjacent to an activating group) is 1. The number of carbonyl (C=O) groups excluding carboxylic acids is 1. The van der Waals surface area contributed by atoms with Crippen LogP contribution in [0.3, 0.4) is 0 Å². The van der Waals surface area contributed by atoms with Crippen molar-refractivity contribution in [2.24, 2.45) is 11.8 Å². The Bertz CT molecular complexity index is 963. The van der Waals surface area contributed by atoms with Crippen LogP contribution in [-0.2, 0) is 16.6 Å². The lowest BCUT2D eigenvalue weighted by Crippen LogP contribution is -2.50. The van der Waals surface area contributed by atoms with Gasteiger partial charge in [-0.2, -0.15) is 0 Å². The van der Waals surface area contributed by atoms with Crippen molar-refractivity contribution >= 4 is 16.8 Å². The third kappa shape index (κ3) is 3.92. The molecule has 168 valence electrons. The number of piperidine rings is 1. The van der Waals surface area contributed by atoms with E-state index in [0.717, 1.165) is 32.4 Å². The molecule has 1 saturated heterocycles. The van der Waals surface area contributed by atoms with Gasteiger partial charge in [0.1, 0.15) is 0 Å². The lowest BCUT2D eigenvalue weighted by atomic mass is 9.71. The van der Waals surface area contributed by atoms with Crippen LogP contribution in [0.5, 0.6) is 0 Å². The molecule has 1 amide bonds. The van der Waals surface area contributed by atoms with Gasteiger partial charge >= 0.3 is 0 Å². The highest BCUT2D eigenvalue weighted by atomic mass is 16.1. The average Bonchev–Trinajstić information content (AvgIpc) is 3.16. The van der Waals surface area contributed by atoms with Gasteiger partial charge in [-0.3, -0.25) is 4.79 Å². The number of nitrogens with zero attached hydrogens (tertiary/aromatic N) is 1. The number of H-pyrrole nitrogens is 1. The number of aromatic nitrogens is 1. The van der Waals surface area contributed by atoms with Gasteiger partial charge in [-0.1, -0.05) is 46.1 Å². The van der Waals surface area contributed by atoms with Crippen LogP contribution < -0.4 is 5.32 Å². The molecule has 1 saturated carbocycles. The lowest BCUT2D eigenvalue weighted by Gasteiger charge is -2.46. The number of fused-ring (bicyclic) bond motifs is 2. The second-order valence-electron chi connectivity index (χ2n) is 11.6. The topological polar surface area (TPSA) is 48.1 Å². The number of rotatable bonds is 3. The van der Waals surface area contributed by atoms with Crippen LogP contribution in [0.2, 0.25) is 0 Å². The summed E-state index contributed by atoms with van der Waals surface area (Å²) in [7, 11) is 2.29. The SMILES string of the molecule is CN1C[C@H](CNC(=O)C2CCCCC2)C[C@@H]2c3cc(C(C)(C)C)cc4[nH]cc(c34)C[C@H]21. The maximum Gasteiger partial charge on any atom is 0.223 e. The highest BCUT2D eigenvalue weighted by Gasteiger charge is 2.40. The molecule has 4 nitrogen and oxygen atoms in total. The fourth-order valence-electron chi connectivity index (χ4n) is 6.46. The molecule has 1 aliphatic heterocycles. The molecule has 5 rings (SSSR count). The van der Waals surface area contributed by atoms with Gasteiger partial charge in [0.2, 0.25) is 5.91 Å². The molecule has 1 aromatic heterocycles. The van der Waals surface area contributed by atoms with E-state index in [1.165, 1.54) is 53.3 Å². The van der Waals surface area contributed by atoms with Crippen molar-refractivity contribution in [2.45, 2.75) is 83.1 Å². The summed E-state index contributed by atoms with van der Waals surface area (Å²) in [4.78, 5) is 18.8. The number of aromatic amines is 1. The molecule has 2 aliphatic carbocycles. The van der Waals surface area contributed by atoms with E-state index in [1.54, 1.807) is 0 Å². The summed E-state index contributed by atoms with van der Waals surface area (Å²) in [6.07, 6.45) is 10.4. The van der Waals surface area contributed by atoms with E-state index >= 15 is 0 Å². The smallest absolute Gasteiger partial charge is 0.223 e. The molecule has 31 heavy (non-hydrogen) atoms. The van der Waals surface area contributed by atoms with Gasteiger partial charge in [-0.25, -0.2) is 0 Å². The summed E-state index contributed by atoms with van der Waals surface area (Å²) in [5.41, 5.74) is 5.86. The maximum atomic E-state index is 12.7. The van der Waals surface area contributed by atoms with E-state index < -0.39 is 0 Å². The Hall–Kier alpha value is -1.81. The minimum atomic E-state index is 0.136. The number of benzene rings is 1. The van der Waals surface area contributed by atoms with Gasteiger partial charge in [-0.15, -0.1) is 0 Å². The third-order valence-corrected chi connectivity index (χ3v) is 8.29. The molecule has 2 heterocycles. The molecule has 0 bridgehead atoms. The number of hydrogen-bond acceptors (Lipinski definition) is 2. The first-order valence-corrected chi connectivity index (χ1v) is 12.4. The monoisotopic (exact) mass is 421 g/mol. The Balaban J connectivity index is 1.38. The van der Waals surface area contributed by atoms with Crippen LogP contribution in [0.15, 0.2) is 18.3 Å².